The van der Waals surface area contributed by atoms with Crippen LogP contribution in [0.4, 0.5) is 5.69 Å². The molecule has 1 unspecified atom stereocenters. The Morgan fingerprint density at radius 1 is 1.27 bits per heavy atom. The van der Waals surface area contributed by atoms with Gasteiger partial charge in [-0.3, -0.25) is 4.79 Å². The summed E-state index contributed by atoms with van der Waals surface area (Å²) in [6.07, 6.45) is -0.969. The molecule has 0 saturated carbocycles. The number of nitrogens with one attached hydrogen (secondary N) is 1. The summed E-state index contributed by atoms with van der Waals surface area (Å²) in [4.78, 5) is 24.5. The second kappa shape index (κ2) is 7.53. The van der Waals surface area contributed by atoms with E-state index in [1.807, 2.05) is 6.92 Å². The number of carbonyl (C=O) groups excluding carboxylic acids is 2. The number of fused-ring (bicyclic) bond motifs is 1. The number of aryl methyl sites for hydroxylation is 1. The van der Waals surface area contributed by atoms with Gasteiger partial charge >= 0.3 is 5.97 Å². The zero-order chi connectivity index (χ0) is 18.7. The second-order valence-corrected chi connectivity index (χ2v) is 6.09. The Kier molecular flexibility index (Phi) is 5.18. The van der Waals surface area contributed by atoms with E-state index in [9.17, 15) is 9.59 Å². The van der Waals surface area contributed by atoms with Crippen LogP contribution in [0.25, 0.3) is 11.0 Å². The van der Waals surface area contributed by atoms with Crippen LogP contribution in [-0.2, 0) is 16.1 Å². The van der Waals surface area contributed by atoms with E-state index in [1.54, 1.807) is 47.1 Å². The van der Waals surface area contributed by atoms with Crippen LogP contribution in [0.15, 0.2) is 42.5 Å². The smallest absolute Gasteiger partial charge is 0.338 e. The zero-order valence-corrected chi connectivity index (χ0v) is 15.0. The summed E-state index contributed by atoms with van der Waals surface area (Å²) in [5.74, 6) is -1.05. The van der Waals surface area contributed by atoms with Crippen molar-refractivity contribution >= 4 is 40.2 Å². The lowest BCUT2D eigenvalue weighted by Crippen LogP contribution is -2.30. The molecule has 0 aliphatic heterocycles. The van der Waals surface area contributed by atoms with E-state index in [4.69, 9.17) is 16.3 Å². The average molecular weight is 373 g/mol. The molecule has 1 N–H and O–H groups in total. The number of anilines is 1. The second-order valence-electron chi connectivity index (χ2n) is 5.66. The lowest BCUT2D eigenvalue weighted by atomic mass is 10.2. The molecule has 3 rings (SSSR count). The molecule has 0 aliphatic rings. The number of ether oxygens (including phenoxy) is 1. The molecule has 0 aliphatic carbocycles. The Morgan fingerprint density at radius 2 is 2.08 bits per heavy atom. The quantitative estimate of drug-likeness (QED) is 0.694. The highest BCUT2D eigenvalue weighted by Crippen LogP contribution is 2.17. The van der Waals surface area contributed by atoms with Gasteiger partial charge in [-0.1, -0.05) is 22.9 Å². The molecular weight excluding hydrogens is 356 g/mol. The molecule has 134 valence electrons. The van der Waals surface area contributed by atoms with Crippen molar-refractivity contribution < 1.29 is 14.3 Å². The molecule has 8 heteroatoms. The number of halogens is 1. The van der Waals surface area contributed by atoms with E-state index in [-0.39, 0.29) is 0 Å². The van der Waals surface area contributed by atoms with Crippen molar-refractivity contribution in [1.29, 1.82) is 0 Å². The Bertz CT molecular complexity index is 970. The van der Waals surface area contributed by atoms with Crippen LogP contribution < -0.4 is 5.32 Å². The Balaban J connectivity index is 1.67. The van der Waals surface area contributed by atoms with Crippen molar-refractivity contribution in [3.8, 4) is 0 Å². The number of carbonyl (C=O) groups is 2. The molecule has 0 radical (unpaired) electrons. The van der Waals surface area contributed by atoms with Gasteiger partial charge in [0, 0.05) is 17.3 Å². The topological polar surface area (TPSA) is 86.1 Å². The van der Waals surface area contributed by atoms with E-state index >= 15 is 0 Å². The van der Waals surface area contributed by atoms with Crippen molar-refractivity contribution in [2.75, 3.05) is 5.32 Å². The summed E-state index contributed by atoms with van der Waals surface area (Å²) in [7, 11) is 0. The predicted octanol–water partition coefficient (Wildman–Crippen LogP) is 3.29. The minimum atomic E-state index is -0.969. The fourth-order valence-electron chi connectivity index (χ4n) is 2.42. The van der Waals surface area contributed by atoms with Crippen LogP contribution >= 0.6 is 11.6 Å². The Hall–Kier alpha value is -2.93. The first-order valence-electron chi connectivity index (χ1n) is 8.08. The molecule has 2 aromatic carbocycles. The third kappa shape index (κ3) is 3.83. The number of amides is 1. The highest BCUT2D eigenvalue weighted by Gasteiger charge is 2.20. The molecule has 0 saturated heterocycles. The van der Waals surface area contributed by atoms with Crippen LogP contribution in [0.3, 0.4) is 0 Å². The summed E-state index contributed by atoms with van der Waals surface area (Å²) in [6, 6.07) is 11.7. The van der Waals surface area contributed by atoms with Crippen LogP contribution in [-0.4, -0.2) is 33.0 Å². The fourth-order valence-corrected chi connectivity index (χ4v) is 2.62. The van der Waals surface area contributed by atoms with Crippen molar-refractivity contribution in [3.05, 3.63) is 53.1 Å². The molecule has 26 heavy (non-hydrogen) atoms. The van der Waals surface area contributed by atoms with Gasteiger partial charge in [-0.2, -0.15) is 0 Å². The normalized spacial score (nSPS) is 12.0. The van der Waals surface area contributed by atoms with Gasteiger partial charge in [0.15, 0.2) is 6.10 Å². The van der Waals surface area contributed by atoms with E-state index in [1.165, 1.54) is 6.92 Å². The number of benzene rings is 2. The molecule has 3 aromatic rings. The molecule has 1 heterocycles. The minimum Gasteiger partial charge on any atom is -0.449 e. The highest BCUT2D eigenvalue weighted by molar-refractivity contribution is 6.30. The number of hydrogen-bond acceptors (Lipinski definition) is 5. The van der Waals surface area contributed by atoms with Crippen molar-refractivity contribution in [1.82, 2.24) is 15.0 Å². The third-order valence-corrected chi connectivity index (χ3v) is 4.03. The maximum absolute atomic E-state index is 12.3. The SMILES string of the molecule is CCn1nnc2cc(C(=O)OC(C)C(=O)Nc3cccc(Cl)c3)ccc21. The van der Waals surface area contributed by atoms with Gasteiger partial charge in [0.05, 0.1) is 11.1 Å². The summed E-state index contributed by atoms with van der Waals surface area (Å²) in [6.45, 7) is 4.14. The van der Waals surface area contributed by atoms with Crippen LogP contribution in [0.5, 0.6) is 0 Å². The fraction of sp³-hybridized carbons (Fsp3) is 0.222. The maximum Gasteiger partial charge on any atom is 0.338 e. The maximum atomic E-state index is 12.3. The van der Waals surface area contributed by atoms with E-state index in [0.29, 0.717) is 28.3 Å². The van der Waals surface area contributed by atoms with Gasteiger partial charge in [-0.15, -0.1) is 5.10 Å². The molecule has 0 bridgehead atoms. The van der Waals surface area contributed by atoms with Crippen molar-refractivity contribution in [3.63, 3.8) is 0 Å². The lowest BCUT2D eigenvalue weighted by Gasteiger charge is -2.13. The predicted molar refractivity (Wildman–Crippen MR) is 98.2 cm³/mol. The summed E-state index contributed by atoms with van der Waals surface area (Å²) < 4.78 is 6.97. The van der Waals surface area contributed by atoms with Gasteiger partial charge in [-0.25, -0.2) is 9.48 Å². The minimum absolute atomic E-state index is 0.308. The first kappa shape index (κ1) is 17.9. The molecule has 1 atom stereocenters. The van der Waals surface area contributed by atoms with Gasteiger partial charge in [0.2, 0.25) is 0 Å². The summed E-state index contributed by atoms with van der Waals surface area (Å²) >= 11 is 5.88. The van der Waals surface area contributed by atoms with Crippen molar-refractivity contribution in [2.45, 2.75) is 26.5 Å². The number of esters is 1. The monoisotopic (exact) mass is 372 g/mol. The lowest BCUT2D eigenvalue weighted by molar-refractivity contribution is -0.123. The molecule has 7 nitrogen and oxygen atoms in total. The number of rotatable bonds is 5. The average Bonchev–Trinajstić information content (AvgIpc) is 3.03. The zero-order valence-electron chi connectivity index (χ0n) is 14.3. The standard InChI is InChI=1S/C18H17ClN4O3/c1-3-23-16-8-7-12(9-15(16)21-22-23)18(25)26-11(2)17(24)20-14-6-4-5-13(19)10-14/h4-11H,3H2,1-2H3,(H,20,24). The van der Waals surface area contributed by atoms with Crippen molar-refractivity contribution in [2.24, 2.45) is 0 Å². The van der Waals surface area contributed by atoms with Crippen LogP contribution in [0.1, 0.15) is 24.2 Å². The van der Waals surface area contributed by atoms with E-state index in [2.05, 4.69) is 15.6 Å². The number of aromatic nitrogens is 3. The van der Waals surface area contributed by atoms with Crippen LogP contribution in [0.2, 0.25) is 5.02 Å². The summed E-state index contributed by atoms with van der Waals surface area (Å²) in [5.41, 5.74) is 2.26. The largest absolute Gasteiger partial charge is 0.449 e. The highest BCUT2D eigenvalue weighted by atomic mass is 35.5. The first-order chi connectivity index (χ1) is 12.5. The van der Waals surface area contributed by atoms with Gasteiger partial charge in [0.25, 0.3) is 5.91 Å². The van der Waals surface area contributed by atoms with Crippen LogP contribution in [0, 0.1) is 0 Å². The summed E-state index contributed by atoms with van der Waals surface area (Å²) in [5, 5.41) is 11.2. The molecule has 0 spiro atoms. The van der Waals surface area contributed by atoms with Gasteiger partial charge < -0.3 is 10.1 Å². The van der Waals surface area contributed by atoms with Gasteiger partial charge in [-0.05, 0) is 50.2 Å². The molecule has 0 fully saturated rings. The van der Waals surface area contributed by atoms with E-state index in [0.717, 1.165) is 5.52 Å². The molecule has 1 amide bonds. The first-order valence-corrected chi connectivity index (χ1v) is 8.46. The van der Waals surface area contributed by atoms with Gasteiger partial charge in [0.1, 0.15) is 5.52 Å². The molecular formula is C18H17ClN4O3. The van der Waals surface area contributed by atoms with E-state index < -0.39 is 18.0 Å². The Labute approximate surface area is 154 Å². The molecule has 1 aromatic heterocycles. The third-order valence-electron chi connectivity index (χ3n) is 3.79. The Morgan fingerprint density at radius 3 is 2.81 bits per heavy atom. The number of hydrogen-bond donors (Lipinski definition) is 1. The number of nitrogens with zero attached hydrogens (tertiary/aromatic N) is 3.